The van der Waals surface area contributed by atoms with Crippen LogP contribution in [0.25, 0.3) is 0 Å². The van der Waals surface area contributed by atoms with Crippen molar-refractivity contribution >= 4 is 17.9 Å². The van der Waals surface area contributed by atoms with Gasteiger partial charge in [0, 0.05) is 39.0 Å². The average molecular weight is 339 g/mol. The van der Waals surface area contributed by atoms with Crippen molar-refractivity contribution in [2.75, 3.05) is 0 Å². The van der Waals surface area contributed by atoms with E-state index < -0.39 is 24.0 Å². The number of carboxylic acids is 3. The van der Waals surface area contributed by atoms with Gasteiger partial charge in [-0.3, -0.25) is 9.59 Å². The Morgan fingerprint density at radius 1 is 0.938 bits per heavy atom. The van der Waals surface area contributed by atoms with Gasteiger partial charge in [-0.1, -0.05) is 0 Å². The fraction of sp³-hybridized carbons (Fsp3) is 0.571. The molecule has 0 aliphatic heterocycles. The van der Waals surface area contributed by atoms with Crippen molar-refractivity contribution in [3.8, 4) is 0 Å². The van der Waals surface area contributed by atoms with Crippen molar-refractivity contribution in [2.24, 2.45) is 0 Å². The van der Waals surface area contributed by atoms with Crippen molar-refractivity contribution in [3.05, 3.63) is 0 Å². The van der Waals surface area contributed by atoms with E-state index in [0.29, 0.717) is 0 Å². The van der Waals surface area contributed by atoms with E-state index in [0.717, 1.165) is 0 Å². The molecule has 0 radical (unpaired) electrons. The minimum absolute atomic E-state index is 0. The number of carbonyl (C=O) groups is 3. The Morgan fingerprint density at radius 3 is 1.19 bits per heavy atom. The molecule has 0 saturated carbocycles. The van der Waals surface area contributed by atoms with Crippen LogP contribution >= 0.6 is 0 Å². The third kappa shape index (κ3) is 29.2. The number of aliphatic hydroxyl groups is 1. The van der Waals surface area contributed by atoms with Crippen molar-refractivity contribution in [3.63, 3.8) is 0 Å². The first-order valence-electron chi connectivity index (χ1n) is 3.61. The molecule has 0 aliphatic rings. The molecular weight excluding hydrogens is 327 g/mol. The molecule has 0 bridgehead atoms. The van der Waals surface area contributed by atoms with Gasteiger partial charge in [0.1, 0.15) is 6.10 Å². The largest absolute Gasteiger partial charge is 0.481 e. The molecule has 0 aromatic rings. The van der Waals surface area contributed by atoms with Crippen LogP contribution in [0.3, 0.4) is 0 Å². The van der Waals surface area contributed by atoms with E-state index in [1.54, 1.807) is 0 Å². The third-order valence-corrected chi connectivity index (χ3v) is 0.910. The van der Waals surface area contributed by atoms with Crippen LogP contribution in [-0.2, 0) is 53.3 Å². The second-order valence-electron chi connectivity index (χ2n) is 2.30. The van der Waals surface area contributed by atoms with E-state index in [9.17, 15) is 14.4 Å². The van der Waals surface area contributed by atoms with Crippen molar-refractivity contribution < 1.29 is 73.8 Å². The standard InChI is InChI=1S/C4H6O4.C3H6O3.2Zn/c5-3(6)1-2-4(7)8;1-2(4)3(5)6;;/h1-2H2,(H,5,6)(H,7,8);2,4H,1H3,(H,5,6);;. The minimum atomic E-state index is -1.23. The summed E-state index contributed by atoms with van der Waals surface area (Å²) in [5.41, 5.74) is 0. The van der Waals surface area contributed by atoms with Gasteiger partial charge in [0.15, 0.2) is 0 Å². The Morgan fingerprint density at radius 2 is 1.12 bits per heavy atom. The molecule has 16 heavy (non-hydrogen) atoms. The van der Waals surface area contributed by atoms with E-state index in [1.165, 1.54) is 6.92 Å². The summed E-state index contributed by atoms with van der Waals surface area (Å²) in [5, 5.41) is 31.6. The zero-order valence-electron chi connectivity index (χ0n) is 8.92. The Bertz CT molecular complexity index is 203. The van der Waals surface area contributed by atoms with Gasteiger partial charge in [-0.25, -0.2) is 4.79 Å². The molecule has 0 spiro atoms. The molecule has 0 fully saturated rings. The number of hydrogen-bond acceptors (Lipinski definition) is 4. The monoisotopic (exact) mass is 336 g/mol. The molecule has 1 atom stereocenters. The normalized spacial score (nSPS) is 9.38. The third-order valence-electron chi connectivity index (χ3n) is 0.910. The number of rotatable bonds is 4. The maximum absolute atomic E-state index is 9.64. The topological polar surface area (TPSA) is 132 Å². The summed E-state index contributed by atoms with van der Waals surface area (Å²) in [5.74, 6) is -3.34. The summed E-state index contributed by atoms with van der Waals surface area (Å²) in [7, 11) is 0. The fourth-order valence-corrected chi connectivity index (χ4v) is 0.214. The van der Waals surface area contributed by atoms with E-state index in [1.807, 2.05) is 0 Å². The Kier molecular flexibility index (Phi) is 22.6. The molecule has 9 heteroatoms. The second-order valence-corrected chi connectivity index (χ2v) is 2.30. The zero-order valence-corrected chi connectivity index (χ0v) is 14.9. The van der Waals surface area contributed by atoms with Crippen LogP contribution in [-0.4, -0.2) is 44.4 Å². The van der Waals surface area contributed by atoms with Crippen LogP contribution in [0, 0.1) is 0 Å². The number of hydrogen-bond donors (Lipinski definition) is 4. The summed E-state index contributed by atoms with van der Waals surface area (Å²) in [6.45, 7) is 1.20. The molecule has 86 valence electrons. The molecule has 0 rings (SSSR count). The van der Waals surface area contributed by atoms with Crippen LogP contribution in [0.15, 0.2) is 0 Å². The molecular formula is C7H12O7Zn2. The quantitative estimate of drug-likeness (QED) is 0.502. The Balaban J connectivity index is -0.0000000825. The first-order valence-corrected chi connectivity index (χ1v) is 3.61. The predicted octanol–water partition coefficient (Wildman–Crippen LogP) is -0.617. The molecule has 0 saturated heterocycles. The van der Waals surface area contributed by atoms with Gasteiger partial charge in [0.25, 0.3) is 0 Å². The molecule has 0 aromatic heterocycles. The van der Waals surface area contributed by atoms with Gasteiger partial charge in [-0.2, -0.15) is 0 Å². The fourth-order valence-electron chi connectivity index (χ4n) is 0.214. The molecule has 0 amide bonds. The first kappa shape index (κ1) is 24.7. The molecule has 0 aromatic carbocycles. The van der Waals surface area contributed by atoms with Crippen LogP contribution in [0.2, 0.25) is 0 Å². The predicted molar refractivity (Wildman–Crippen MR) is 43.8 cm³/mol. The van der Waals surface area contributed by atoms with E-state index >= 15 is 0 Å². The summed E-state index contributed by atoms with van der Waals surface area (Å²) in [6, 6.07) is 0. The summed E-state index contributed by atoms with van der Waals surface area (Å²) in [6.07, 6.45) is -1.82. The maximum atomic E-state index is 9.64. The summed E-state index contributed by atoms with van der Waals surface area (Å²) < 4.78 is 0. The van der Waals surface area contributed by atoms with Crippen LogP contribution in [0.5, 0.6) is 0 Å². The smallest absolute Gasteiger partial charge is 0.332 e. The van der Waals surface area contributed by atoms with E-state index in [-0.39, 0.29) is 51.8 Å². The molecule has 0 heterocycles. The van der Waals surface area contributed by atoms with Gasteiger partial charge < -0.3 is 20.4 Å². The van der Waals surface area contributed by atoms with Crippen molar-refractivity contribution in [1.29, 1.82) is 0 Å². The first-order chi connectivity index (χ1) is 6.27. The van der Waals surface area contributed by atoms with Crippen molar-refractivity contribution in [2.45, 2.75) is 25.9 Å². The maximum Gasteiger partial charge on any atom is 0.332 e. The molecule has 1 unspecified atom stereocenters. The Hall–Kier alpha value is -0.383. The Labute approximate surface area is 117 Å². The molecule has 7 nitrogen and oxygen atoms in total. The summed E-state index contributed by atoms with van der Waals surface area (Å²) >= 11 is 0. The van der Waals surface area contributed by atoms with Crippen LogP contribution in [0.4, 0.5) is 0 Å². The van der Waals surface area contributed by atoms with E-state index in [2.05, 4.69) is 0 Å². The SMILES string of the molecule is CC(O)C(=O)O.O=C(O)CCC(=O)O.[Zn].[Zn]. The van der Waals surface area contributed by atoms with Crippen LogP contribution < -0.4 is 0 Å². The van der Waals surface area contributed by atoms with Gasteiger partial charge in [0.2, 0.25) is 0 Å². The number of carboxylic acid groups (broad SMARTS) is 3. The van der Waals surface area contributed by atoms with Crippen LogP contribution in [0.1, 0.15) is 19.8 Å². The van der Waals surface area contributed by atoms with Gasteiger partial charge in [-0.05, 0) is 6.92 Å². The molecule has 4 N–H and O–H groups in total. The van der Waals surface area contributed by atoms with Gasteiger partial charge in [-0.15, -0.1) is 0 Å². The number of aliphatic hydroxyl groups excluding tert-OH is 1. The van der Waals surface area contributed by atoms with Crippen molar-refractivity contribution in [1.82, 2.24) is 0 Å². The second kappa shape index (κ2) is 14.6. The van der Waals surface area contributed by atoms with Gasteiger partial charge in [0.05, 0.1) is 12.8 Å². The minimum Gasteiger partial charge on any atom is -0.481 e. The van der Waals surface area contributed by atoms with E-state index in [4.69, 9.17) is 20.4 Å². The number of aliphatic carboxylic acids is 3. The van der Waals surface area contributed by atoms with Gasteiger partial charge >= 0.3 is 17.9 Å². The average Bonchev–Trinajstić information content (AvgIpc) is 2.01. The molecule has 0 aliphatic carbocycles. The zero-order chi connectivity index (χ0) is 11.7. The summed E-state index contributed by atoms with van der Waals surface area (Å²) in [4.78, 5) is 28.7.